The van der Waals surface area contributed by atoms with Crippen molar-refractivity contribution in [3.8, 4) is 0 Å². The van der Waals surface area contributed by atoms with Crippen molar-refractivity contribution in [2.24, 2.45) is 0 Å². The van der Waals surface area contributed by atoms with Gasteiger partial charge in [0.2, 0.25) is 0 Å². The first kappa shape index (κ1) is 44.3. The van der Waals surface area contributed by atoms with E-state index < -0.39 is 10.8 Å². The molecule has 0 atom stereocenters. The van der Waals surface area contributed by atoms with Gasteiger partial charge in [0.15, 0.2) is 0 Å². The minimum absolute atomic E-state index is 0.328. The van der Waals surface area contributed by atoms with E-state index in [1.54, 1.807) is 60.7 Å². The van der Waals surface area contributed by atoms with Gasteiger partial charge in [-0.1, -0.05) is 45.4 Å². The fraction of sp³-hybridized carbons (Fsp3) is 0.115. The summed E-state index contributed by atoms with van der Waals surface area (Å²) in [7, 11) is 0. The summed E-state index contributed by atoms with van der Waals surface area (Å²) in [6.07, 6.45) is 0. The van der Waals surface area contributed by atoms with E-state index in [-0.39, 0.29) is 29.1 Å². The number of anilines is 12. The van der Waals surface area contributed by atoms with Crippen LogP contribution in [0, 0.1) is 36.0 Å². The fourth-order valence-electron chi connectivity index (χ4n) is 10.3. The summed E-state index contributed by atoms with van der Waals surface area (Å²) in [6.45, 7) is 10.9. The van der Waals surface area contributed by atoms with Gasteiger partial charge in [-0.2, -0.15) is 0 Å². The number of rotatable bonds is 9. The predicted molar refractivity (Wildman–Crippen MR) is 274 cm³/mol. The molecule has 0 fully saturated rings. The van der Waals surface area contributed by atoms with E-state index in [1.807, 2.05) is 22.8 Å². The number of hydrogen-bond donors (Lipinski definition) is 0. The molecule has 9 aromatic rings. The van der Waals surface area contributed by atoms with Crippen molar-refractivity contribution in [3.63, 3.8) is 0 Å². The number of benzene rings is 9. The van der Waals surface area contributed by atoms with Gasteiger partial charge in [0.1, 0.15) is 29.1 Å². The summed E-state index contributed by atoms with van der Waals surface area (Å²) in [4.78, 5) is 8.50. The molecule has 9 heteroatoms. The van der Waals surface area contributed by atoms with Crippen LogP contribution >= 0.6 is 0 Å². The van der Waals surface area contributed by atoms with Gasteiger partial charge >= 0.3 is 0 Å². The molecule has 0 unspecified atom stereocenters. The molecule has 0 aliphatic carbocycles. The number of hydrogen-bond acceptors (Lipinski definition) is 4. The van der Waals surface area contributed by atoms with Crippen LogP contribution in [0.15, 0.2) is 194 Å². The van der Waals surface area contributed by atoms with Crippen LogP contribution in [0.2, 0.25) is 0 Å². The lowest BCUT2D eigenvalue weighted by molar-refractivity contribution is 0.597. The topological polar surface area (TPSA) is 13.0 Å². The Morgan fingerprint density at radius 3 is 0.843 bits per heavy atom. The van der Waals surface area contributed by atoms with E-state index in [2.05, 4.69) is 104 Å². The monoisotopic (exact) mass is 930 g/mol. The van der Waals surface area contributed by atoms with Crippen molar-refractivity contribution in [2.45, 2.75) is 45.4 Å². The van der Waals surface area contributed by atoms with Crippen molar-refractivity contribution in [1.82, 2.24) is 0 Å². The Hall–Kier alpha value is -8.17. The van der Waals surface area contributed by atoms with Gasteiger partial charge in [-0.15, -0.1) is 0 Å². The molecule has 0 spiro atoms. The predicted octanol–water partition coefficient (Wildman–Crippen LogP) is 17.8. The third kappa shape index (κ3) is 7.53. The highest BCUT2D eigenvalue weighted by Crippen LogP contribution is 2.62. The smallest absolute Gasteiger partial charge is 0.123 e. The molecule has 346 valence electrons. The van der Waals surface area contributed by atoms with Crippen LogP contribution in [0.1, 0.15) is 55.5 Å². The number of aryl methyl sites for hydroxylation is 1. The van der Waals surface area contributed by atoms with E-state index in [0.717, 1.165) is 73.3 Å². The largest absolute Gasteiger partial charge is 0.310 e. The second-order valence-corrected chi connectivity index (χ2v) is 19.1. The van der Waals surface area contributed by atoms with Gasteiger partial charge in [0.25, 0.3) is 0 Å². The molecule has 0 N–H and O–H groups in total. The standard InChI is InChI=1S/C61H47F5N4/c1-38-6-18-44(19-7-38)67(45-20-8-39(62)9-21-45)50-30-32-57-53(34-50)60(2,3)55-36-52(69(48-26-14-42(65)15-27-48)49-28-16-43(66)17-29-49)37-56-59(55)70(57)58-33-31-51(35-54(58)61(56,4)5)68(46-22-10-40(63)11-23-46)47-24-12-41(64)13-25-47/h6-37H,1-5H3. The number of nitrogens with zero attached hydrogens (tertiary/aromatic N) is 4. The van der Waals surface area contributed by atoms with Crippen molar-refractivity contribution >= 4 is 68.2 Å². The summed E-state index contributed by atoms with van der Waals surface area (Å²) < 4.78 is 72.7. The van der Waals surface area contributed by atoms with Crippen molar-refractivity contribution < 1.29 is 22.0 Å². The third-order valence-corrected chi connectivity index (χ3v) is 13.9. The second kappa shape index (κ2) is 16.8. The molecule has 11 rings (SSSR count). The molecule has 2 aliphatic heterocycles. The zero-order valence-electron chi connectivity index (χ0n) is 39.2. The molecule has 2 aliphatic rings. The quantitative estimate of drug-likeness (QED) is 0.134. The molecule has 9 aromatic carbocycles. The number of fused-ring (bicyclic) bond motifs is 4. The van der Waals surface area contributed by atoms with Crippen LogP contribution in [-0.2, 0) is 10.8 Å². The molecular formula is C61H47F5N4. The van der Waals surface area contributed by atoms with Gasteiger partial charge in [-0.25, -0.2) is 22.0 Å². The Bertz CT molecular complexity index is 3110. The Morgan fingerprint density at radius 1 is 0.300 bits per heavy atom. The lowest BCUT2D eigenvalue weighted by Gasteiger charge is -2.50. The van der Waals surface area contributed by atoms with Gasteiger partial charge in [-0.3, -0.25) is 0 Å². The molecule has 4 nitrogen and oxygen atoms in total. The average Bonchev–Trinajstić information content (AvgIpc) is 3.35. The third-order valence-electron chi connectivity index (χ3n) is 13.9. The summed E-state index contributed by atoms with van der Waals surface area (Å²) in [6, 6.07) is 57.1. The molecule has 0 saturated heterocycles. The summed E-state index contributed by atoms with van der Waals surface area (Å²) in [5.74, 6) is -1.83. The highest BCUT2D eigenvalue weighted by Gasteiger charge is 2.47. The second-order valence-electron chi connectivity index (χ2n) is 19.1. The first-order valence-corrected chi connectivity index (χ1v) is 23.2. The molecule has 2 heterocycles. The van der Waals surface area contributed by atoms with Gasteiger partial charge in [0, 0.05) is 62.0 Å². The maximum Gasteiger partial charge on any atom is 0.123 e. The van der Waals surface area contributed by atoms with Gasteiger partial charge < -0.3 is 19.6 Å². The van der Waals surface area contributed by atoms with Crippen molar-refractivity contribution in [2.75, 3.05) is 19.6 Å². The molecule has 0 aromatic heterocycles. The minimum Gasteiger partial charge on any atom is -0.310 e. The lowest BCUT2D eigenvalue weighted by Crippen LogP contribution is -2.38. The first-order valence-electron chi connectivity index (χ1n) is 23.2. The Morgan fingerprint density at radius 2 is 0.543 bits per heavy atom. The van der Waals surface area contributed by atoms with Crippen LogP contribution < -0.4 is 19.6 Å². The Balaban J connectivity index is 1.18. The highest BCUT2D eigenvalue weighted by molar-refractivity contribution is 5.97. The molecule has 0 amide bonds. The lowest BCUT2D eigenvalue weighted by atomic mass is 9.66. The van der Waals surface area contributed by atoms with E-state index in [0.29, 0.717) is 22.7 Å². The van der Waals surface area contributed by atoms with E-state index in [9.17, 15) is 22.0 Å². The fourth-order valence-corrected chi connectivity index (χ4v) is 10.3. The Labute approximate surface area is 404 Å². The highest BCUT2D eigenvalue weighted by atomic mass is 19.1. The summed E-state index contributed by atoms with van der Waals surface area (Å²) >= 11 is 0. The van der Waals surface area contributed by atoms with Crippen LogP contribution in [0.25, 0.3) is 0 Å². The first-order chi connectivity index (χ1) is 33.6. The number of halogens is 5. The van der Waals surface area contributed by atoms with Crippen LogP contribution in [0.4, 0.5) is 90.2 Å². The van der Waals surface area contributed by atoms with Gasteiger partial charge in [-0.05, 0) is 211 Å². The normalized spacial score (nSPS) is 13.8. The summed E-state index contributed by atoms with van der Waals surface area (Å²) in [5, 5.41) is 0. The van der Waals surface area contributed by atoms with Gasteiger partial charge in [0.05, 0.1) is 17.1 Å². The molecular weight excluding hydrogens is 884 g/mol. The van der Waals surface area contributed by atoms with Crippen molar-refractivity contribution in [3.05, 3.63) is 251 Å². The average molecular weight is 931 g/mol. The van der Waals surface area contributed by atoms with Crippen LogP contribution in [0.5, 0.6) is 0 Å². The molecule has 70 heavy (non-hydrogen) atoms. The minimum atomic E-state index is -0.672. The maximum atomic E-state index is 14.6. The van der Waals surface area contributed by atoms with Crippen molar-refractivity contribution in [1.29, 1.82) is 0 Å². The molecule has 0 saturated carbocycles. The van der Waals surface area contributed by atoms with E-state index in [1.165, 1.54) is 60.7 Å². The van der Waals surface area contributed by atoms with Crippen LogP contribution in [-0.4, -0.2) is 0 Å². The zero-order chi connectivity index (χ0) is 48.6. The maximum absolute atomic E-state index is 14.6. The van der Waals surface area contributed by atoms with Crippen LogP contribution in [0.3, 0.4) is 0 Å². The summed E-state index contributed by atoms with van der Waals surface area (Å²) in [5.41, 5.74) is 13.8. The molecule has 0 radical (unpaired) electrons. The van der Waals surface area contributed by atoms with E-state index >= 15 is 0 Å². The zero-order valence-corrected chi connectivity index (χ0v) is 39.2. The SMILES string of the molecule is Cc1ccc(N(c2ccc(F)cc2)c2ccc3c(c2)C(C)(C)c2cc(N(c4ccc(F)cc4)c4ccc(F)cc4)cc4c2N3c2ccc(N(c3ccc(F)cc3)c3ccc(F)cc3)cc2C4(C)C)cc1. The van der Waals surface area contributed by atoms with E-state index in [4.69, 9.17) is 0 Å². The molecule has 0 bridgehead atoms. The Kier molecular flexibility index (Phi) is 10.6.